The molecule has 22 heavy (non-hydrogen) atoms. The minimum atomic E-state index is -0.124. The highest BCUT2D eigenvalue weighted by molar-refractivity contribution is 7.80. The maximum atomic E-state index is 9.35. The first kappa shape index (κ1) is 18.8. The fourth-order valence-corrected chi connectivity index (χ4v) is 2.82. The summed E-state index contributed by atoms with van der Waals surface area (Å²) in [6.07, 6.45) is 3.42. The smallest absolute Gasteiger partial charge is 0.173 e. The molecule has 8 heteroatoms. The standard InChI is InChI=1S/C14H24N4O2S2/c1-3-5-17(11-19)13(21)15-7-9-16(10-8-15)14(22)18(12-20)6-4-2/h3-4,19-20H,1-2,5-12H2. The Labute approximate surface area is 142 Å². The zero-order chi connectivity index (χ0) is 16.5. The number of aliphatic hydroxyl groups is 2. The molecule has 0 aromatic heterocycles. The summed E-state index contributed by atoms with van der Waals surface area (Å²) >= 11 is 10.8. The van der Waals surface area contributed by atoms with Crippen molar-refractivity contribution in [3.8, 4) is 0 Å². The second-order valence-corrected chi connectivity index (χ2v) is 5.57. The summed E-state index contributed by atoms with van der Waals surface area (Å²) in [5.41, 5.74) is 0. The number of hydrogen-bond acceptors (Lipinski definition) is 4. The van der Waals surface area contributed by atoms with E-state index in [4.69, 9.17) is 24.4 Å². The van der Waals surface area contributed by atoms with Gasteiger partial charge in [0.05, 0.1) is 0 Å². The van der Waals surface area contributed by atoms with E-state index < -0.39 is 0 Å². The molecule has 0 aliphatic carbocycles. The van der Waals surface area contributed by atoms with Gasteiger partial charge in [-0.1, -0.05) is 12.2 Å². The Bertz CT molecular complexity index is 374. The summed E-state index contributed by atoms with van der Waals surface area (Å²) < 4.78 is 0. The van der Waals surface area contributed by atoms with Gasteiger partial charge in [0.1, 0.15) is 13.5 Å². The SMILES string of the molecule is C=CCN(CO)C(=S)N1CCN(C(=S)N(CO)CC=C)CC1. The molecule has 1 fully saturated rings. The molecule has 1 aliphatic heterocycles. The van der Waals surface area contributed by atoms with Gasteiger partial charge in [-0.2, -0.15) is 0 Å². The largest absolute Gasteiger partial charge is 0.376 e. The molecule has 0 bridgehead atoms. The van der Waals surface area contributed by atoms with E-state index in [0.717, 1.165) is 26.2 Å². The molecule has 0 unspecified atom stereocenters. The second kappa shape index (κ2) is 9.73. The van der Waals surface area contributed by atoms with E-state index in [0.29, 0.717) is 23.3 Å². The van der Waals surface area contributed by atoms with Crippen LogP contribution in [0.15, 0.2) is 25.3 Å². The van der Waals surface area contributed by atoms with Crippen LogP contribution in [-0.4, -0.2) is 92.8 Å². The van der Waals surface area contributed by atoms with E-state index in [9.17, 15) is 10.2 Å². The number of rotatable bonds is 6. The third-order valence-corrected chi connectivity index (χ3v) is 4.43. The lowest BCUT2D eigenvalue weighted by Gasteiger charge is -2.41. The van der Waals surface area contributed by atoms with Crippen LogP contribution in [-0.2, 0) is 0 Å². The lowest BCUT2D eigenvalue weighted by atomic mass is 10.3. The van der Waals surface area contributed by atoms with Crippen molar-refractivity contribution >= 4 is 34.7 Å². The first-order chi connectivity index (χ1) is 10.6. The second-order valence-electron chi connectivity index (χ2n) is 4.84. The van der Waals surface area contributed by atoms with Gasteiger partial charge in [0.25, 0.3) is 0 Å². The third kappa shape index (κ3) is 4.91. The fraction of sp³-hybridized carbons (Fsp3) is 0.571. The number of aliphatic hydroxyl groups excluding tert-OH is 2. The van der Waals surface area contributed by atoms with Crippen molar-refractivity contribution in [2.75, 3.05) is 52.7 Å². The molecule has 0 amide bonds. The average Bonchev–Trinajstić information content (AvgIpc) is 2.56. The van der Waals surface area contributed by atoms with Gasteiger partial charge < -0.3 is 29.8 Å². The van der Waals surface area contributed by atoms with Crippen LogP contribution in [0.3, 0.4) is 0 Å². The van der Waals surface area contributed by atoms with E-state index in [-0.39, 0.29) is 13.5 Å². The molecule has 0 saturated carbocycles. The maximum Gasteiger partial charge on any atom is 0.173 e. The van der Waals surface area contributed by atoms with Gasteiger partial charge in [0.15, 0.2) is 10.2 Å². The van der Waals surface area contributed by atoms with Crippen molar-refractivity contribution < 1.29 is 10.2 Å². The summed E-state index contributed by atoms with van der Waals surface area (Å²) in [4.78, 5) is 7.47. The highest BCUT2D eigenvalue weighted by atomic mass is 32.1. The van der Waals surface area contributed by atoms with Gasteiger partial charge >= 0.3 is 0 Å². The van der Waals surface area contributed by atoms with E-state index in [1.165, 1.54) is 0 Å². The Kier molecular flexibility index (Phi) is 8.32. The average molecular weight is 345 g/mol. The van der Waals surface area contributed by atoms with Gasteiger partial charge in [-0.05, 0) is 24.4 Å². The van der Waals surface area contributed by atoms with Crippen LogP contribution in [0, 0.1) is 0 Å². The van der Waals surface area contributed by atoms with Gasteiger partial charge in [-0.3, -0.25) is 0 Å². The number of piperazine rings is 1. The molecule has 1 saturated heterocycles. The van der Waals surface area contributed by atoms with Crippen LogP contribution in [0.1, 0.15) is 0 Å². The summed E-state index contributed by atoms with van der Waals surface area (Å²) in [7, 11) is 0. The van der Waals surface area contributed by atoms with Crippen LogP contribution in [0.5, 0.6) is 0 Å². The van der Waals surface area contributed by atoms with Gasteiger partial charge in [0.2, 0.25) is 0 Å². The van der Waals surface area contributed by atoms with E-state index >= 15 is 0 Å². The topological polar surface area (TPSA) is 53.4 Å². The zero-order valence-corrected chi connectivity index (χ0v) is 14.4. The fourth-order valence-electron chi connectivity index (χ4n) is 2.19. The highest BCUT2D eigenvalue weighted by Crippen LogP contribution is 2.09. The Morgan fingerprint density at radius 3 is 1.41 bits per heavy atom. The van der Waals surface area contributed by atoms with E-state index in [1.54, 1.807) is 22.0 Å². The Morgan fingerprint density at radius 2 is 1.18 bits per heavy atom. The predicted molar refractivity (Wildman–Crippen MR) is 96.3 cm³/mol. The molecule has 0 spiro atoms. The van der Waals surface area contributed by atoms with Gasteiger partial charge in [-0.25, -0.2) is 0 Å². The summed E-state index contributed by atoms with van der Waals surface area (Å²) in [6, 6.07) is 0. The first-order valence-electron chi connectivity index (χ1n) is 7.10. The van der Waals surface area contributed by atoms with Crippen molar-refractivity contribution in [3.63, 3.8) is 0 Å². The number of hydrogen-bond donors (Lipinski definition) is 2. The molecular weight excluding hydrogens is 320 g/mol. The summed E-state index contributed by atoms with van der Waals surface area (Å²) in [5, 5.41) is 19.9. The minimum absolute atomic E-state index is 0.124. The molecular formula is C14H24N4O2S2. The molecule has 1 rings (SSSR count). The minimum Gasteiger partial charge on any atom is -0.376 e. The van der Waals surface area contributed by atoms with Crippen molar-refractivity contribution in [3.05, 3.63) is 25.3 Å². The molecule has 6 nitrogen and oxygen atoms in total. The molecule has 0 atom stereocenters. The first-order valence-corrected chi connectivity index (χ1v) is 7.91. The summed E-state index contributed by atoms with van der Waals surface area (Å²) in [5.74, 6) is 0. The molecule has 0 aromatic rings. The zero-order valence-electron chi connectivity index (χ0n) is 12.7. The van der Waals surface area contributed by atoms with Crippen molar-refractivity contribution in [1.29, 1.82) is 0 Å². The van der Waals surface area contributed by atoms with Gasteiger partial charge in [0, 0.05) is 39.3 Å². The Balaban J connectivity index is 2.55. The highest BCUT2D eigenvalue weighted by Gasteiger charge is 2.24. The molecule has 1 aliphatic rings. The maximum absolute atomic E-state index is 9.35. The third-order valence-electron chi connectivity index (χ3n) is 3.40. The van der Waals surface area contributed by atoms with Crippen LogP contribution < -0.4 is 0 Å². The molecule has 0 radical (unpaired) electrons. The Morgan fingerprint density at radius 1 is 0.864 bits per heavy atom. The molecule has 124 valence electrons. The molecule has 1 heterocycles. The van der Waals surface area contributed by atoms with Crippen molar-refractivity contribution in [2.24, 2.45) is 0 Å². The Hall–Kier alpha value is -1.22. The van der Waals surface area contributed by atoms with E-state index in [1.807, 2.05) is 9.80 Å². The normalized spacial score (nSPS) is 14.5. The lowest BCUT2D eigenvalue weighted by Crippen LogP contribution is -2.56. The predicted octanol–water partition coefficient (Wildman–Crippen LogP) is 0.0494. The number of nitrogens with zero attached hydrogens (tertiary/aromatic N) is 4. The van der Waals surface area contributed by atoms with Crippen LogP contribution in [0.4, 0.5) is 0 Å². The monoisotopic (exact) mass is 344 g/mol. The quantitative estimate of drug-likeness (QED) is 0.398. The lowest BCUT2D eigenvalue weighted by molar-refractivity contribution is 0.144. The van der Waals surface area contributed by atoms with Crippen molar-refractivity contribution in [2.45, 2.75) is 0 Å². The summed E-state index contributed by atoms with van der Waals surface area (Å²) in [6.45, 7) is 11.0. The molecule has 0 aromatic carbocycles. The van der Waals surface area contributed by atoms with E-state index in [2.05, 4.69) is 13.2 Å². The van der Waals surface area contributed by atoms with Crippen LogP contribution >= 0.6 is 24.4 Å². The molecule has 2 N–H and O–H groups in total. The van der Waals surface area contributed by atoms with Crippen molar-refractivity contribution in [1.82, 2.24) is 19.6 Å². The van der Waals surface area contributed by atoms with Crippen LogP contribution in [0.25, 0.3) is 0 Å². The van der Waals surface area contributed by atoms with Gasteiger partial charge in [-0.15, -0.1) is 13.2 Å². The van der Waals surface area contributed by atoms with Crippen LogP contribution in [0.2, 0.25) is 0 Å². The number of thiocarbonyl (C=S) groups is 2.